The Morgan fingerprint density at radius 1 is 1.46 bits per heavy atom. The SMILES string of the molecule is CCN1CC2CC(C1)C2CC(=O)O. The summed E-state index contributed by atoms with van der Waals surface area (Å²) in [4.78, 5) is 13.0. The number of hydrogen-bond acceptors (Lipinski definition) is 2. The van der Waals surface area contributed by atoms with E-state index in [2.05, 4.69) is 11.8 Å². The van der Waals surface area contributed by atoms with Gasteiger partial charge >= 0.3 is 5.97 Å². The van der Waals surface area contributed by atoms with Crippen molar-refractivity contribution in [3.05, 3.63) is 0 Å². The van der Waals surface area contributed by atoms with Crippen LogP contribution in [-0.4, -0.2) is 35.6 Å². The van der Waals surface area contributed by atoms with Crippen molar-refractivity contribution < 1.29 is 9.90 Å². The van der Waals surface area contributed by atoms with Gasteiger partial charge in [0.1, 0.15) is 0 Å². The second kappa shape index (κ2) is 3.29. The maximum Gasteiger partial charge on any atom is 0.303 e. The van der Waals surface area contributed by atoms with E-state index in [-0.39, 0.29) is 0 Å². The number of aliphatic carboxylic acids is 1. The van der Waals surface area contributed by atoms with Crippen molar-refractivity contribution in [2.24, 2.45) is 17.8 Å². The molecule has 0 radical (unpaired) electrons. The quantitative estimate of drug-likeness (QED) is 0.711. The maximum absolute atomic E-state index is 10.6. The molecule has 3 fully saturated rings. The van der Waals surface area contributed by atoms with Gasteiger partial charge in [0.25, 0.3) is 0 Å². The molecule has 1 aliphatic carbocycles. The molecule has 13 heavy (non-hydrogen) atoms. The molecule has 3 rings (SSSR count). The average molecular weight is 183 g/mol. The smallest absolute Gasteiger partial charge is 0.303 e. The van der Waals surface area contributed by atoms with E-state index in [0.29, 0.717) is 24.2 Å². The summed E-state index contributed by atoms with van der Waals surface area (Å²) in [5.41, 5.74) is 0. The second-order valence-electron chi connectivity index (χ2n) is 4.37. The van der Waals surface area contributed by atoms with Crippen LogP contribution in [0.2, 0.25) is 0 Å². The molecule has 2 bridgehead atoms. The lowest BCUT2D eigenvalue weighted by Gasteiger charge is -2.53. The molecule has 0 aromatic heterocycles. The van der Waals surface area contributed by atoms with E-state index < -0.39 is 5.97 Å². The second-order valence-corrected chi connectivity index (χ2v) is 4.37. The van der Waals surface area contributed by atoms with Gasteiger partial charge in [0.2, 0.25) is 0 Å². The van der Waals surface area contributed by atoms with Gasteiger partial charge in [0.15, 0.2) is 0 Å². The summed E-state index contributed by atoms with van der Waals surface area (Å²) < 4.78 is 0. The first kappa shape index (κ1) is 9.00. The molecule has 2 saturated heterocycles. The lowest BCUT2D eigenvalue weighted by molar-refractivity contribution is -0.143. The highest BCUT2D eigenvalue weighted by atomic mass is 16.4. The summed E-state index contributed by atoms with van der Waals surface area (Å²) in [6.07, 6.45) is 1.67. The predicted molar refractivity (Wildman–Crippen MR) is 49.5 cm³/mol. The molecule has 0 aromatic rings. The number of carbonyl (C=O) groups is 1. The van der Waals surface area contributed by atoms with Crippen LogP contribution in [0.5, 0.6) is 0 Å². The van der Waals surface area contributed by atoms with E-state index in [9.17, 15) is 4.79 Å². The van der Waals surface area contributed by atoms with Crippen LogP contribution in [0.15, 0.2) is 0 Å². The van der Waals surface area contributed by atoms with Crippen molar-refractivity contribution in [1.82, 2.24) is 4.90 Å². The fourth-order valence-corrected chi connectivity index (χ4v) is 2.88. The maximum atomic E-state index is 10.6. The number of piperidine rings is 2. The van der Waals surface area contributed by atoms with Crippen LogP contribution in [-0.2, 0) is 4.79 Å². The van der Waals surface area contributed by atoms with Crippen LogP contribution in [0.1, 0.15) is 19.8 Å². The molecule has 2 heterocycles. The summed E-state index contributed by atoms with van der Waals surface area (Å²) in [6.45, 7) is 5.56. The minimum atomic E-state index is -0.621. The Morgan fingerprint density at radius 2 is 2.08 bits per heavy atom. The van der Waals surface area contributed by atoms with Crippen molar-refractivity contribution in [1.29, 1.82) is 0 Å². The minimum absolute atomic E-state index is 0.396. The molecular weight excluding hydrogens is 166 g/mol. The first-order valence-corrected chi connectivity index (χ1v) is 5.14. The zero-order valence-electron chi connectivity index (χ0n) is 8.07. The number of fused-ring (bicyclic) bond motifs is 2. The molecule has 1 saturated carbocycles. The number of carboxylic acids is 1. The fourth-order valence-electron chi connectivity index (χ4n) is 2.88. The van der Waals surface area contributed by atoms with Gasteiger partial charge in [-0.2, -0.15) is 0 Å². The number of rotatable bonds is 3. The Hall–Kier alpha value is -0.570. The summed E-state index contributed by atoms with van der Waals surface area (Å²) in [5, 5.41) is 8.71. The van der Waals surface area contributed by atoms with Crippen LogP contribution in [0.3, 0.4) is 0 Å². The molecule has 2 atom stereocenters. The first-order valence-electron chi connectivity index (χ1n) is 5.14. The minimum Gasteiger partial charge on any atom is -0.481 e. The molecule has 2 unspecified atom stereocenters. The summed E-state index contributed by atoms with van der Waals surface area (Å²) in [5.74, 6) is 1.22. The van der Waals surface area contributed by atoms with E-state index in [1.165, 1.54) is 6.42 Å². The van der Waals surface area contributed by atoms with Gasteiger partial charge < -0.3 is 10.0 Å². The monoisotopic (exact) mass is 183 g/mol. The van der Waals surface area contributed by atoms with E-state index in [1.54, 1.807) is 0 Å². The highest BCUT2D eigenvalue weighted by Gasteiger charge is 2.46. The molecule has 3 nitrogen and oxygen atoms in total. The molecule has 0 amide bonds. The lowest BCUT2D eigenvalue weighted by Crippen LogP contribution is -2.55. The van der Waals surface area contributed by atoms with Gasteiger partial charge in [-0.25, -0.2) is 0 Å². The average Bonchev–Trinajstić information content (AvgIpc) is 2.14. The summed E-state index contributed by atoms with van der Waals surface area (Å²) >= 11 is 0. The highest BCUT2D eigenvalue weighted by molar-refractivity contribution is 5.67. The van der Waals surface area contributed by atoms with Gasteiger partial charge in [0, 0.05) is 19.5 Å². The Balaban J connectivity index is 1.88. The van der Waals surface area contributed by atoms with Crippen molar-refractivity contribution >= 4 is 5.97 Å². The lowest BCUT2D eigenvalue weighted by atomic mass is 9.60. The molecule has 74 valence electrons. The third kappa shape index (κ3) is 1.57. The first-order chi connectivity index (χ1) is 6.20. The Kier molecular flexibility index (Phi) is 2.28. The van der Waals surface area contributed by atoms with Crippen LogP contribution in [0.4, 0.5) is 0 Å². The molecule has 2 aliphatic heterocycles. The van der Waals surface area contributed by atoms with E-state index in [1.807, 2.05) is 0 Å². The van der Waals surface area contributed by atoms with Gasteiger partial charge in [-0.1, -0.05) is 6.92 Å². The van der Waals surface area contributed by atoms with Crippen molar-refractivity contribution in [3.63, 3.8) is 0 Å². The van der Waals surface area contributed by atoms with Crippen molar-refractivity contribution in [2.45, 2.75) is 19.8 Å². The van der Waals surface area contributed by atoms with E-state index in [4.69, 9.17) is 5.11 Å². The third-order valence-corrected chi connectivity index (χ3v) is 3.66. The van der Waals surface area contributed by atoms with Crippen LogP contribution < -0.4 is 0 Å². The van der Waals surface area contributed by atoms with Crippen LogP contribution in [0, 0.1) is 17.8 Å². The molecule has 0 spiro atoms. The van der Waals surface area contributed by atoms with Crippen LogP contribution in [0.25, 0.3) is 0 Å². The highest BCUT2D eigenvalue weighted by Crippen LogP contribution is 2.46. The molecular formula is C10H17NO2. The van der Waals surface area contributed by atoms with Gasteiger partial charge in [-0.15, -0.1) is 0 Å². The van der Waals surface area contributed by atoms with Crippen LogP contribution >= 0.6 is 0 Å². The van der Waals surface area contributed by atoms with E-state index in [0.717, 1.165) is 19.6 Å². The molecule has 1 N–H and O–H groups in total. The zero-order valence-corrected chi connectivity index (χ0v) is 8.07. The fraction of sp³-hybridized carbons (Fsp3) is 0.900. The summed E-state index contributed by atoms with van der Waals surface area (Å²) in [7, 11) is 0. The number of carboxylic acid groups (broad SMARTS) is 1. The molecule has 0 aromatic carbocycles. The number of nitrogens with zero attached hydrogens (tertiary/aromatic N) is 1. The van der Waals surface area contributed by atoms with Crippen molar-refractivity contribution in [2.75, 3.05) is 19.6 Å². The van der Waals surface area contributed by atoms with E-state index >= 15 is 0 Å². The summed E-state index contributed by atoms with van der Waals surface area (Å²) in [6, 6.07) is 0. The van der Waals surface area contributed by atoms with Gasteiger partial charge in [-0.05, 0) is 30.7 Å². The normalized spacial score (nSPS) is 38.4. The molecule has 3 heteroatoms. The third-order valence-electron chi connectivity index (χ3n) is 3.66. The Labute approximate surface area is 78.7 Å². The zero-order chi connectivity index (χ0) is 9.42. The Bertz CT molecular complexity index is 205. The Morgan fingerprint density at radius 3 is 2.54 bits per heavy atom. The predicted octanol–water partition coefficient (Wildman–Crippen LogP) is 1.05. The van der Waals surface area contributed by atoms with Crippen molar-refractivity contribution in [3.8, 4) is 0 Å². The number of hydrogen-bond donors (Lipinski definition) is 1. The largest absolute Gasteiger partial charge is 0.481 e. The van der Waals surface area contributed by atoms with Gasteiger partial charge in [-0.3, -0.25) is 4.79 Å². The van der Waals surface area contributed by atoms with Gasteiger partial charge in [0.05, 0.1) is 0 Å². The molecule has 3 aliphatic rings. The topological polar surface area (TPSA) is 40.5 Å². The standard InChI is InChI=1S/C10H17NO2/c1-2-11-5-7-3-8(6-11)9(7)4-10(12)13/h7-9H,2-6H2,1H3,(H,12,13).